The van der Waals surface area contributed by atoms with Gasteiger partial charge < -0.3 is 11.2 Å². The molecular weight excluding hydrogens is 140 g/mol. The molecule has 1 heterocycles. The summed E-state index contributed by atoms with van der Waals surface area (Å²) in [5.74, 6) is 5.19. The second-order valence-corrected chi connectivity index (χ2v) is 1.97. The summed E-state index contributed by atoms with van der Waals surface area (Å²) in [5, 5.41) is 0. The van der Waals surface area contributed by atoms with Crippen LogP contribution in [0.25, 0.3) is 5.70 Å². The number of aromatic nitrogens is 1. The predicted molar refractivity (Wildman–Crippen MR) is 43.7 cm³/mol. The highest BCUT2D eigenvalue weighted by Crippen LogP contribution is 2.05. The van der Waals surface area contributed by atoms with Crippen molar-refractivity contribution in [1.82, 2.24) is 10.4 Å². The Morgan fingerprint density at radius 1 is 1.64 bits per heavy atom. The van der Waals surface area contributed by atoms with Crippen LogP contribution in [0.1, 0.15) is 5.56 Å². The third-order valence-electron chi connectivity index (χ3n) is 1.29. The number of nitrogens with two attached hydrogens (primary N) is 2. The molecule has 1 rings (SSSR count). The van der Waals surface area contributed by atoms with E-state index in [1.807, 2.05) is 12.1 Å². The van der Waals surface area contributed by atoms with Gasteiger partial charge in [0.1, 0.15) is 0 Å². The van der Waals surface area contributed by atoms with Crippen molar-refractivity contribution in [2.75, 3.05) is 0 Å². The molecular formula is C7H10N4. The molecule has 0 aromatic carbocycles. The van der Waals surface area contributed by atoms with E-state index in [4.69, 9.17) is 11.6 Å². The average Bonchev–Trinajstić information content (AvgIpc) is 2.09. The lowest BCUT2D eigenvalue weighted by Crippen LogP contribution is -2.20. The number of hydrogen-bond acceptors (Lipinski definition) is 4. The SMILES string of the molecule is N/C=C(\NN)c1cccnc1. The van der Waals surface area contributed by atoms with Gasteiger partial charge in [0.25, 0.3) is 0 Å². The minimum Gasteiger partial charge on any atom is -0.403 e. The molecule has 0 saturated carbocycles. The Morgan fingerprint density at radius 3 is 2.91 bits per heavy atom. The van der Waals surface area contributed by atoms with E-state index in [9.17, 15) is 0 Å². The first-order valence-electron chi connectivity index (χ1n) is 3.17. The zero-order valence-corrected chi connectivity index (χ0v) is 5.99. The van der Waals surface area contributed by atoms with Gasteiger partial charge in [-0.05, 0) is 12.1 Å². The van der Waals surface area contributed by atoms with Gasteiger partial charge in [-0.2, -0.15) is 0 Å². The van der Waals surface area contributed by atoms with E-state index in [0.29, 0.717) is 5.70 Å². The summed E-state index contributed by atoms with van der Waals surface area (Å²) in [4.78, 5) is 3.91. The highest BCUT2D eigenvalue weighted by atomic mass is 15.2. The van der Waals surface area contributed by atoms with Crippen molar-refractivity contribution in [3.63, 3.8) is 0 Å². The van der Waals surface area contributed by atoms with Crippen LogP contribution in [-0.2, 0) is 0 Å². The molecule has 5 N–H and O–H groups in total. The Bertz CT molecular complexity index is 242. The smallest absolute Gasteiger partial charge is 0.0728 e. The zero-order chi connectivity index (χ0) is 8.10. The molecule has 0 amide bonds. The van der Waals surface area contributed by atoms with E-state index in [1.165, 1.54) is 6.20 Å². The first-order valence-corrected chi connectivity index (χ1v) is 3.17. The van der Waals surface area contributed by atoms with Crippen LogP contribution in [0.15, 0.2) is 30.7 Å². The van der Waals surface area contributed by atoms with Crippen molar-refractivity contribution in [2.45, 2.75) is 0 Å². The molecule has 11 heavy (non-hydrogen) atoms. The number of hydrogen-bond donors (Lipinski definition) is 3. The highest BCUT2D eigenvalue weighted by molar-refractivity contribution is 5.61. The van der Waals surface area contributed by atoms with Crippen LogP contribution in [0.5, 0.6) is 0 Å². The van der Waals surface area contributed by atoms with Crippen LogP contribution >= 0.6 is 0 Å². The van der Waals surface area contributed by atoms with Gasteiger partial charge in [-0.3, -0.25) is 10.8 Å². The van der Waals surface area contributed by atoms with Crippen LogP contribution < -0.4 is 17.0 Å². The monoisotopic (exact) mass is 150 g/mol. The van der Waals surface area contributed by atoms with Crippen molar-refractivity contribution in [3.8, 4) is 0 Å². The standard InChI is InChI=1S/C7H10N4/c8-4-7(11-9)6-2-1-3-10-5-6/h1-5,11H,8-9H2/b7-4-. The first kappa shape index (κ1) is 7.56. The normalized spacial score (nSPS) is 11.2. The van der Waals surface area contributed by atoms with Crippen molar-refractivity contribution in [3.05, 3.63) is 36.3 Å². The maximum Gasteiger partial charge on any atom is 0.0728 e. The molecule has 1 aromatic rings. The number of nitrogens with zero attached hydrogens (tertiary/aromatic N) is 1. The number of rotatable bonds is 2. The van der Waals surface area contributed by atoms with Crippen molar-refractivity contribution in [1.29, 1.82) is 0 Å². The molecule has 0 aliphatic rings. The summed E-state index contributed by atoms with van der Waals surface area (Å²) in [7, 11) is 0. The lowest BCUT2D eigenvalue weighted by Gasteiger charge is -2.03. The van der Waals surface area contributed by atoms with Gasteiger partial charge >= 0.3 is 0 Å². The van der Waals surface area contributed by atoms with Crippen LogP contribution in [0.2, 0.25) is 0 Å². The van der Waals surface area contributed by atoms with Gasteiger partial charge in [0.15, 0.2) is 0 Å². The van der Waals surface area contributed by atoms with E-state index in [2.05, 4.69) is 10.4 Å². The maximum atomic E-state index is 5.28. The fraction of sp³-hybridized carbons (Fsp3) is 0. The highest BCUT2D eigenvalue weighted by Gasteiger charge is 1.95. The second-order valence-electron chi connectivity index (χ2n) is 1.97. The van der Waals surface area contributed by atoms with Crippen molar-refractivity contribution in [2.24, 2.45) is 11.6 Å². The minimum absolute atomic E-state index is 0.665. The predicted octanol–water partition coefficient (Wildman–Crippen LogP) is -0.198. The van der Waals surface area contributed by atoms with E-state index >= 15 is 0 Å². The molecule has 0 spiro atoms. The van der Waals surface area contributed by atoms with Crippen LogP contribution in [0.4, 0.5) is 0 Å². The minimum atomic E-state index is 0.665. The van der Waals surface area contributed by atoms with Crippen LogP contribution in [-0.4, -0.2) is 4.98 Å². The average molecular weight is 150 g/mol. The maximum absolute atomic E-state index is 5.28. The van der Waals surface area contributed by atoms with Gasteiger partial charge in [-0.15, -0.1) is 0 Å². The largest absolute Gasteiger partial charge is 0.403 e. The fourth-order valence-electron chi connectivity index (χ4n) is 0.750. The lowest BCUT2D eigenvalue weighted by molar-refractivity contribution is 0.985. The molecule has 0 bridgehead atoms. The summed E-state index contributed by atoms with van der Waals surface area (Å²) in [6.45, 7) is 0. The molecule has 58 valence electrons. The third-order valence-corrected chi connectivity index (χ3v) is 1.29. The molecule has 0 atom stereocenters. The topological polar surface area (TPSA) is 77.0 Å². The molecule has 4 nitrogen and oxygen atoms in total. The van der Waals surface area contributed by atoms with Crippen LogP contribution in [0.3, 0.4) is 0 Å². The lowest BCUT2D eigenvalue weighted by atomic mass is 10.2. The Labute approximate surface area is 64.9 Å². The van der Waals surface area contributed by atoms with E-state index in [0.717, 1.165) is 5.56 Å². The van der Waals surface area contributed by atoms with Gasteiger partial charge in [-0.1, -0.05) is 0 Å². The summed E-state index contributed by atoms with van der Waals surface area (Å²) >= 11 is 0. The molecule has 0 aliphatic heterocycles. The van der Waals surface area contributed by atoms with Gasteiger partial charge in [0.2, 0.25) is 0 Å². The first-order chi connectivity index (χ1) is 5.38. The van der Waals surface area contributed by atoms with E-state index in [-0.39, 0.29) is 0 Å². The quantitative estimate of drug-likeness (QED) is 0.403. The summed E-state index contributed by atoms with van der Waals surface area (Å²) < 4.78 is 0. The van der Waals surface area contributed by atoms with Crippen molar-refractivity contribution >= 4 is 5.70 Å². The second kappa shape index (κ2) is 3.58. The van der Waals surface area contributed by atoms with Gasteiger partial charge in [-0.25, -0.2) is 0 Å². The Morgan fingerprint density at radius 2 is 2.45 bits per heavy atom. The Hall–Kier alpha value is -1.55. The zero-order valence-electron chi connectivity index (χ0n) is 5.99. The van der Waals surface area contributed by atoms with Crippen LogP contribution in [0, 0.1) is 0 Å². The summed E-state index contributed by atoms with van der Waals surface area (Å²) in [6.07, 6.45) is 4.77. The molecule has 1 aromatic heterocycles. The molecule has 4 heteroatoms. The van der Waals surface area contributed by atoms with Gasteiger partial charge in [0.05, 0.1) is 5.70 Å². The molecule has 0 fully saturated rings. The third kappa shape index (κ3) is 1.68. The molecule has 0 unspecified atom stereocenters. The number of pyridine rings is 1. The Kier molecular flexibility index (Phi) is 2.46. The van der Waals surface area contributed by atoms with Crippen molar-refractivity contribution < 1.29 is 0 Å². The Balaban J connectivity index is 2.92. The molecule has 0 aliphatic carbocycles. The number of nitrogens with one attached hydrogen (secondary N) is 1. The molecule has 0 radical (unpaired) electrons. The summed E-state index contributed by atoms with van der Waals surface area (Å²) in [5.41, 5.74) is 9.28. The number of hydrazine groups is 1. The summed E-state index contributed by atoms with van der Waals surface area (Å²) in [6, 6.07) is 3.68. The van der Waals surface area contributed by atoms with E-state index < -0.39 is 0 Å². The van der Waals surface area contributed by atoms with E-state index in [1.54, 1.807) is 12.4 Å². The van der Waals surface area contributed by atoms with Gasteiger partial charge in [0, 0.05) is 24.2 Å². The fourth-order valence-corrected chi connectivity index (χ4v) is 0.750. The molecule has 0 saturated heterocycles.